The fraction of sp³-hybridized carbons (Fsp3) is 0.333. The van der Waals surface area contributed by atoms with E-state index in [1.54, 1.807) is 25.8 Å². The third kappa shape index (κ3) is 4.07. The van der Waals surface area contributed by atoms with E-state index in [2.05, 4.69) is 41.2 Å². The van der Waals surface area contributed by atoms with Crippen LogP contribution < -0.4 is 16.0 Å². The molecule has 0 saturated heterocycles. The monoisotopic (exact) mass is 451 g/mol. The first kappa shape index (κ1) is 22.1. The first-order valence-corrected chi connectivity index (χ1v) is 10.2. The van der Waals surface area contributed by atoms with Crippen LogP contribution in [0, 0.1) is 13.8 Å². The molecule has 4 rings (SSSR count). The number of aromatic nitrogens is 6. The molecule has 0 fully saturated rings. The smallest absolute Gasteiger partial charge is 0.256 e. The Balaban J connectivity index is 1.82. The van der Waals surface area contributed by atoms with Crippen LogP contribution in [0.1, 0.15) is 27.8 Å². The van der Waals surface area contributed by atoms with Crippen LogP contribution in [0.5, 0.6) is 0 Å². The zero-order valence-electron chi connectivity index (χ0n) is 18.9. The number of hydrogen-bond donors (Lipinski definition) is 3. The van der Waals surface area contributed by atoms with Gasteiger partial charge in [-0.1, -0.05) is 23.4 Å². The van der Waals surface area contributed by atoms with Gasteiger partial charge in [-0.15, -0.1) is 0 Å². The summed E-state index contributed by atoms with van der Waals surface area (Å²) in [6, 6.07) is -0.542. The van der Waals surface area contributed by atoms with E-state index in [1.165, 1.54) is 12.5 Å². The molecule has 2 atom stereocenters. The molecule has 0 spiro atoms. The van der Waals surface area contributed by atoms with Gasteiger partial charge in [0, 0.05) is 40.5 Å². The minimum Gasteiger partial charge on any atom is -0.358 e. The van der Waals surface area contributed by atoms with Gasteiger partial charge in [-0.2, -0.15) is 10.1 Å². The third-order valence-corrected chi connectivity index (χ3v) is 5.30. The van der Waals surface area contributed by atoms with Crippen LogP contribution in [-0.4, -0.2) is 61.7 Å². The van der Waals surface area contributed by atoms with Crippen molar-refractivity contribution in [1.82, 2.24) is 35.2 Å². The predicted molar refractivity (Wildman–Crippen MR) is 120 cm³/mol. The minimum atomic E-state index is -1.20. The zero-order valence-corrected chi connectivity index (χ0v) is 18.9. The molecule has 1 aliphatic carbocycles. The molecule has 3 N–H and O–H groups in total. The van der Waals surface area contributed by atoms with Crippen molar-refractivity contribution in [2.75, 3.05) is 24.8 Å². The Morgan fingerprint density at radius 2 is 2.15 bits per heavy atom. The number of nitrogens with zero attached hydrogens (tertiary/aromatic N) is 6. The van der Waals surface area contributed by atoms with Crippen molar-refractivity contribution in [3.8, 4) is 0 Å². The van der Waals surface area contributed by atoms with Gasteiger partial charge in [-0.3, -0.25) is 9.48 Å². The van der Waals surface area contributed by atoms with Crippen LogP contribution in [0.2, 0.25) is 0 Å². The lowest BCUT2D eigenvalue weighted by atomic mass is 9.88. The number of anilines is 2. The second-order valence-corrected chi connectivity index (χ2v) is 7.46. The van der Waals surface area contributed by atoms with Crippen LogP contribution in [0.3, 0.4) is 0 Å². The van der Waals surface area contributed by atoms with Crippen LogP contribution in [0.15, 0.2) is 41.5 Å². The van der Waals surface area contributed by atoms with E-state index >= 15 is 0 Å². The second kappa shape index (κ2) is 8.82. The highest BCUT2D eigenvalue weighted by atomic mass is 16.5. The van der Waals surface area contributed by atoms with Crippen molar-refractivity contribution in [3.05, 3.63) is 59.9 Å². The lowest BCUT2D eigenvalue weighted by Crippen LogP contribution is -2.55. The van der Waals surface area contributed by atoms with Crippen molar-refractivity contribution in [2.45, 2.75) is 25.6 Å². The van der Waals surface area contributed by atoms with E-state index < -0.39 is 11.8 Å². The lowest BCUT2D eigenvalue weighted by Gasteiger charge is -2.42. The average molecular weight is 451 g/mol. The summed E-state index contributed by atoms with van der Waals surface area (Å²) in [6.07, 6.45) is 10.3. The van der Waals surface area contributed by atoms with Crippen molar-refractivity contribution in [2.24, 2.45) is 7.05 Å². The number of hydrogen-bond acceptors (Lipinski definition) is 10. The van der Waals surface area contributed by atoms with Gasteiger partial charge in [0.1, 0.15) is 12.1 Å². The minimum absolute atomic E-state index is 0.294. The summed E-state index contributed by atoms with van der Waals surface area (Å²) in [4.78, 5) is 25.1. The normalized spacial score (nSPS) is 19.8. The summed E-state index contributed by atoms with van der Waals surface area (Å²) in [5.41, 5.74) is 1.24. The summed E-state index contributed by atoms with van der Waals surface area (Å²) in [6.45, 7) is 3.61. The molecule has 33 heavy (non-hydrogen) atoms. The zero-order chi connectivity index (χ0) is 23.6. The summed E-state index contributed by atoms with van der Waals surface area (Å²) in [5.74, 6) is 0.816. The van der Waals surface area contributed by atoms with E-state index in [1.807, 2.05) is 38.4 Å². The molecule has 12 heteroatoms. The first-order valence-electron chi connectivity index (χ1n) is 10.2. The molecule has 3 heterocycles. The van der Waals surface area contributed by atoms with Crippen LogP contribution >= 0.6 is 0 Å². The number of carbonyl (C=O) groups is 1. The third-order valence-electron chi connectivity index (χ3n) is 5.30. The Bertz CT molecular complexity index is 1230. The molecule has 1 aliphatic rings. The molecule has 2 unspecified atom stereocenters. The molecule has 0 aromatic carbocycles. The predicted octanol–water partition coefficient (Wildman–Crippen LogP) is 1.46. The van der Waals surface area contributed by atoms with Crippen LogP contribution in [0.4, 0.5) is 11.5 Å². The van der Waals surface area contributed by atoms with Gasteiger partial charge < -0.3 is 25.2 Å². The molecule has 3 aromatic heterocycles. The molecule has 0 aliphatic heterocycles. The van der Waals surface area contributed by atoms with E-state index in [0.29, 0.717) is 28.7 Å². The number of ether oxygens (including phenoxy) is 1. The molecule has 0 radical (unpaired) electrons. The SMILES string of the molecule is CNC(=O)c1cncnc1NC1C=CC=C(c2noc(C)n2)C1(Nc1cn(C)nc1C)OC. The standard InChI is InChI=1S/C21H25N9O3/c1-12-16(10-30(4)28-12)27-21(32-5)15(19-25-13(2)33-29-19)7-6-8-17(21)26-18-14(20(31)22-3)9-23-11-24-18/h6-11,17,27H,1-5H3,(H,22,31)(H,23,24,26). The van der Waals surface area contributed by atoms with E-state index in [-0.39, 0.29) is 5.91 Å². The molecular weight excluding hydrogens is 426 g/mol. The number of nitrogens with one attached hydrogen (secondary N) is 3. The Hall–Kier alpha value is -4.06. The Labute approximate surface area is 190 Å². The van der Waals surface area contributed by atoms with Crippen molar-refractivity contribution >= 4 is 23.0 Å². The van der Waals surface area contributed by atoms with Crippen molar-refractivity contribution < 1.29 is 14.1 Å². The Kier molecular flexibility index (Phi) is 5.92. The van der Waals surface area contributed by atoms with Gasteiger partial charge in [0.05, 0.1) is 28.6 Å². The lowest BCUT2D eigenvalue weighted by molar-refractivity contribution is 0.0584. The quantitative estimate of drug-likeness (QED) is 0.451. The number of aryl methyl sites for hydroxylation is 3. The average Bonchev–Trinajstić information content (AvgIpc) is 3.38. The molecule has 1 amide bonds. The topological polar surface area (TPSA) is 145 Å². The number of carbonyl (C=O) groups excluding carboxylic acids is 1. The largest absolute Gasteiger partial charge is 0.358 e. The number of methoxy groups -OCH3 is 1. The highest BCUT2D eigenvalue weighted by molar-refractivity contribution is 5.98. The number of rotatable bonds is 7. The molecule has 172 valence electrons. The van der Waals surface area contributed by atoms with Gasteiger partial charge in [0.25, 0.3) is 5.91 Å². The van der Waals surface area contributed by atoms with Gasteiger partial charge in [0.2, 0.25) is 11.7 Å². The van der Waals surface area contributed by atoms with Crippen molar-refractivity contribution in [1.29, 1.82) is 0 Å². The van der Waals surface area contributed by atoms with E-state index in [0.717, 1.165) is 11.4 Å². The van der Waals surface area contributed by atoms with E-state index in [9.17, 15) is 4.79 Å². The maximum atomic E-state index is 12.4. The maximum absolute atomic E-state index is 12.4. The molecular formula is C21H25N9O3. The second-order valence-electron chi connectivity index (χ2n) is 7.46. The van der Waals surface area contributed by atoms with Crippen LogP contribution in [-0.2, 0) is 11.8 Å². The summed E-state index contributed by atoms with van der Waals surface area (Å²) < 4.78 is 13.1. The first-order chi connectivity index (χ1) is 15.9. The molecule has 0 bridgehead atoms. The van der Waals surface area contributed by atoms with Gasteiger partial charge in [0.15, 0.2) is 5.72 Å². The molecule has 0 saturated carbocycles. The summed E-state index contributed by atoms with van der Waals surface area (Å²) in [7, 11) is 4.96. The molecule has 12 nitrogen and oxygen atoms in total. The van der Waals surface area contributed by atoms with Crippen molar-refractivity contribution in [3.63, 3.8) is 0 Å². The van der Waals surface area contributed by atoms with Gasteiger partial charge in [-0.25, -0.2) is 9.97 Å². The van der Waals surface area contributed by atoms with Crippen LogP contribution in [0.25, 0.3) is 5.57 Å². The maximum Gasteiger partial charge on any atom is 0.256 e. The highest BCUT2D eigenvalue weighted by Gasteiger charge is 2.46. The number of amides is 1. The van der Waals surface area contributed by atoms with E-state index in [4.69, 9.17) is 9.26 Å². The Morgan fingerprint density at radius 1 is 1.33 bits per heavy atom. The summed E-state index contributed by atoms with van der Waals surface area (Å²) >= 11 is 0. The Morgan fingerprint density at radius 3 is 2.79 bits per heavy atom. The van der Waals surface area contributed by atoms with Gasteiger partial charge in [-0.05, 0) is 6.92 Å². The fourth-order valence-electron chi connectivity index (χ4n) is 3.74. The van der Waals surface area contributed by atoms with Gasteiger partial charge >= 0.3 is 0 Å². The number of allylic oxidation sites excluding steroid dienone is 2. The highest BCUT2D eigenvalue weighted by Crippen LogP contribution is 2.38. The fourth-order valence-corrected chi connectivity index (χ4v) is 3.74. The summed E-state index contributed by atoms with van der Waals surface area (Å²) in [5, 5.41) is 17.9. The molecule has 3 aromatic rings.